The van der Waals surface area contributed by atoms with Crippen LogP contribution in [0.4, 0.5) is 0 Å². The lowest BCUT2D eigenvalue weighted by molar-refractivity contribution is 0.487. The highest BCUT2D eigenvalue weighted by molar-refractivity contribution is 5.19. The maximum Gasteiger partial charge on any atom is 0.0951 e. The van der Waals surface area contributed by atoms with Gasteiger partial charge < -0.3 is 4.57 Å². The maximum absolute atomic E-state index is 4.23. The van der Waals surface area contributed by atoms with E-state index in [0.717, 1.165) is 0 Å². The highest BCUT2D eigenvalue weighted by Crippen LogP contribution is 2.24. The predicted octanol–water partition coefficient (Wildman–Crippen LogP) is 6.78. The Morgan fingerprint density at radius 1 is 0.833 bits per heavy atom. The van der Waals surface area contributed by atoms with Crippen LogP contribution in [0.5, 0.6) is 0 Å². The van der Waals surface area contributed by atoms with Crippen molar-refractivity contribution in [2.75, 3.05) is 0 Å². The summed E-state index contributed by atoms with van der Waals surface area (Å²) in [4.78, 5) is 4.23. The van der Waals surface area contributed by atoms with Crippen LogP contribution in [0.2, 0.25) is 0 Å². The van der Waals surface area contributed by atoms with Crippen LogP contribution < -0.4 is 0 Å². The average Bonchev–Trinajstić information content (AvgIpc) is 3.15. The Balaban J connectivity index is 1.64. The summed E-state index contributed by atoms with van der Waals surface area (Å²) in [7, 11) is 0. The Hall–Kier alpha value is -1.57. The van der Waals surface area contributed by atoms with Crippen molar-refractivity contribution in [1.29, 1.82) is 0 Å². The first-order chi connectivity index (χ1) is 11.9. The minimum absolute atomic E-state index is 0.433. The van der Waals surface area contributed by atoms with Crippen molar-refractivity contribution >= 4 is 0 Å². The van der Waals surface area contributed by atoms with E-state index >= 15 is 0 Å². The van der Waals surface area contributed by atoms with Crippen LogP contribution in [-0.4, -0.2) is 9.55 Å². The summed E-state index contributed by atoms with van der Waals surface area (Å²) in [6, 6.07) is 11.3. The monoisotopic (exact) mass is 326 g/mol. The number of imidazole rings is 1. The number of hydrogen-bond acceptors (Lipinski definition) is 1. The molecule has 0 aliphatic rings. The molecule has 0 radical (unpaired) electrons. The van der Waals surface area contributed by atoms with Gasteiger partial charge in [-0.05, 0) is 12.0 Å². The molecule has 2 heteroatoms. The van der Waals surface area contributed by atoms with Gasteiger partial charge in [-0.1, -0.05) is 101 Å². The Kier molecular flexibility index (Phi) is 9.29. The molecule has 0 N–H and O–H groups in total. The molecule has 0 aliphatic carbocycles. The first-order valence-electron chi connectivity index (χ1n) is 9.94. The molecule has 2 aromatic rings. The fourth-order valence-corrected chi connectivity index (χ4v) is 3.44. The molecule has 1 unspecified atom stereocenters. The van der Waals surface area contributed by atoms with E-state index in [-0.39, 0.29) is 0 Å². The molecule has 1 aromatic heterocycles. The zero-order valence-electron chi connectivity index (χ0n) is 15.4. The Labute approximate surface area is 148 Å². The summed E-state index contributed by atoms with van der Waals surface area (Å²) in [5.74, 6) is 0. The van der Waals surface area contributed by atoms with E-state index in [1.54, 1.807) is 0 Å². The smallest absolute Gasteiger partial charge is 0.0951 e. The SMILES string of the molecule is CCCCCCCCCCCCC(c1ccccc1)n1ccnc1. The molecular weight excluding hydrogens is 292 g/mol. The quantitative estimate of drug-likeness (QED) is 0.371. The molecule has 0 bridgehead atoms. The molecule has 132 valence electrons. The van der Waals surface area contributed by atoms with Crippen LogP contribution in [0, 0.1) is 0 Å². The summed E-state index contributed by atoms with van der Waals surface area (Å²) < 4.78 is 2.25. The van der Waals surface area contributed by atoms with E-state index in [2.05, 4.69) is 53.0 Å². The number of hydrogen-bond donors (Lipinski definition) is 0. The molecule has 0 amide bonds. The normalized spacial score (nSPS) is 12.4. The lowest BCUT2D eigenvalue weighted by atomic mass is 9.99. The van der Waals surface area contributed by atoms with Gasteiger partial charge in [-0.2, -0.15) is 0 Å². The summed E-state index contributed by atoms with van der Waals surface area (Å²) in [6.07, 6.45) is 21.1. The van der Waals surface area contributed by atoms with Crippen molar-refractivity contribution in [2.45, 2.75) is 83.6 Å². The Morgan fingerprint density at radius 3 is 2.04 bits per heavy atom. The fraction of sp³-hybridized carbons (Fsp3) is 0.591. The standard InChI is InChI=1S/C22H34N2/c1-2-3-4-5-6-7-8-9-10-14-17-22(24-19-18-23-20-24)21-15-12-11-13-16-21/h11-13,15-16,18-20,22H,2-10,14,17H2,1H3. The molecule has 1 aromatic carbocycles. The van der Waals surface area contributed by atoms with Gasteiger partial charge in [0.2, 0.25) is 0 Å². The molecule has 0 saturated heterocycles. The molecule has 0 saturated carbocycles. The van der Waals surface area contributed by atoms with Gasteiger partial charge in [0, 0.05) is 12.4 Å². The number of aromatic nitrogens is 2. The van der Waals surface area contributed by atoms with E-state index in [9.17, 15) is 0 Å². The van der Waals surface area contributed by atoms with Crippen molar-refractivity contribution < 1.29 is 0 Å². The summed E-state index contributed by atoms with van der Waals surface area (Å²) in [6.45, 7) is 2.28. The summed E-state index contributed by atoms with van der Waals surface area (Å²) in [5, 5.41) is 0. The van der Waals surface area contributed by atoms with E-state index in [0.29, 0.717) is 6.04 Å². The van der Waals surface area contributed by atoms with E-state index in [1.165, 1.54) is 76.2 Å². The van der Waals surface area contributed by atoms with Crippen LogP contribution in [-0.2, 0) is 0 Å². The highest BCUT2D eigenvalue weighted by atomic mass is 15.0. The van der Waals surface area contributed by atoms with Gasteiger partial charge in [0.05, 0.1) is 12.4 Å². The molecule has 0 aliphatic heterocycles. The zero-order valence-corrected chi connectivity index (χ0v) is 15.4. The van der Waals surface area contributed by atoms with Gasteiger partial charge in [0.25, 0.3) is 0 Å². The number of unbranched alkanes of at least 4 members (excludes halogenated alkanes) is 9. The third-order valence-electron chi connectivity index (χ3n) is 4.90. The van der Waals surface area contributed by atoms with Crippen LogP contribution in [0.3, 0.4) is 0 Å². The molecule has 1 atom stereocenters. The lowest BCUT2D eigenvalue weighted by Crippen LogP contribution is -2.08. The van der Waals surface area contributed by atoms with Crippen molar-refractivity contribution in [3.63, 3.8) is 0 Å². The minimum Gasteiger partial charge on any atom is -0.330 e. The van der Waals surface area contributed by atoms with Crippen molar-refractivity contribution in [3.8, 4) is 0 Å². The third-order valence-corrected chi connectivity index (χ3v) is 4.90. The summed E-state index contributed by atoms with van der Waals surface area (Å²) in [5.41, 5.74) is 1.39. The second-order valence-electron chi connectivity index (χ2n) is 6.91. The second-order valence-corrected chi connectivity index (χ2v) is 6.91. The van der Waals surface area contributed by atoms with Gasteiger partial charge in [-0.25, -0.2) is 4.98 Å². The second kappa shape index (κ2) is 11.9. The summed E-state index contributed by atoms with van der Waals surface area (Å²) >= 11 is 0. The largest absolute Gasteiger partial charge is 0.330 e. The van der Waals surface area contributed by atoms with Crippen molar-refractivity contribution in [2.24, 2.45) is 0 Å². The van der Waals surface area contributed by atoms with Crippen LogP contribution >= 0.6 is 0 Å². The molecule has 0 fully saturated rings. The van der Waals surface area contributed by atoms with E-state index < -0.39 is 0 Å². The lowest BCUT2D eigenvalue weighted by Gasteiger charge is -2.19. The topological polar surface area (TPSA) is 17.8 Å². The predicted molar refractivity (Wildman–Crippen MR) is 103 cm³/mol. The zero-order chi connectivity index (χ0) is 16.9. The van der Waals surface area contributed by atoms with Crippen LogP contribution in [0.1, 0.15) is 89.2 Å². The minimum atomic E-state index is 0.433. The first kappa shape index (κ1) is 18.8. The van der Waals surface area contributed by atoms with Crippen molar-refractivity contribution in [1.82, 2.24) is 9.55 Å². The fourth-order valence-electron chi connectivity index (χ4n) is 3.44. The average molecular weight is 327 g/mol. The molecule has 0 spiro atoms. The third kappa shape index (κ3) is 6.90. The van der Waals surface area contributed by atoms with Gasteiger partial charge >= 0.3 is 0 Å². The number of benzene rings is 1. The molecule has 24 heavy (non-hydrogen) atoms. The van der Waals surface area contributed by atoms with Gasteiger partial charge in [-0.3, -0.25) is 0 Å². The van der Waals surface area contributed by atoms with Gasteiger partial charge in [0.15, 0.2) is 0 Å². The number of rotatable bonds is 13. The van der Waals surface area contributed by atoms with E-state index in [1.807, 2.05) is 12.5 Å². The Bertz CT molecular complexity index is 504. The van der Waals surface area contributed by atoms with Gasteiger partial charge in [-0.15, -0.1) is 0 Å². The number of nitrogens with zero attached hydrogens (tertiary/aromatic N) is 2. The molecule has 2 nitrogen and oxygen atoms in total. The Morgan fingerprint density at radius 2 is 1.46 bits per heavy atom. The highest BCUT2D eigenvalue weighted by Gasteiger charge is 2.12. The van der Waals surface area contributed by atoms with E-state index in [4.69, 9.17) is 0 Å². The molecule has 1 heterocycles. The van der Waals surface area contributed by atoms with Crippen LogP contribution in [0.25, 0.3) is 0 Å². The van der Waals surface area contributed by atoms with Crippen LogP contribution in [0.15, 0.2) is 49.1 Å². The first-order valence-corrected chi connectivity index (χ1v) is 9.94. The molecule has 2 rings (SSSR count). The maximum atomic E-state index is 4.23. The molecular formula is C22H34N2. The van der Waals surface area contributed by atoms with Crippen molar-refractivity contribution in [3.05, 3.63) is 54.6 Å². The van der Waals surface area contributed by atoms with Gasteiger partial charge in [0.1, 0.15) is 0 Å².